The molecule has 0 bridgehead atoms. The molecule has 4 N–H and O–H groups in total. The number of esters is 1. The van der Waals surface area contributed by atoms with Crippen LogP contribution in [-0.4, -0.2) is 66.4 Å². The third kappa shape index (κ3) is 6.00. The number of carbonyl (C=O) groups excluding carboxylic acids is 2. The molecular formula is C8H16N2O5. The summed E-state index contributed by atoms with van der Waals surface area (Å²) >= 11 is 0. The van der Waals surface area contributed by atoms with E-state index in [1.807, 2.05) is 0 Å². The Morgan fingerprint density at radius 1 is 1.20 bits per heavy atom. The number of aliphatic hydroxyl groups is 2. The lowest BCUT2D eigenvalue weighted by atomic mass is 10.4. The molecule has 0 atom stereocenters. The minimum absolute atomic E-state index is 0.0968. The van der Waals surface area contributed by atoms with Crippen molar-refractivity contribution in [3.8, 4) is 0 Å². The van der Waals surface area contributed by atoms with E-state index in [0.29, 0.717) is 0 Å². The molecule has 0 heterocycles. The Morgan fingerprint density at radius 2 is 1.73 bits per heavy atom. The summed E-state index contributed by atoms with van der Waals surface area (Å²) in [7, 11) is 0. The topological polar surface area (TPSA) is 113 Å². The van der Waals surface area contributed by atoms with Crippen molar-refractivity contribution < 1.29 is 24.5 Å². The molecule has 0 spiro atoms. The molecule has 0 radical (unpaired) electrons. The average molecular weight is 220 g/mol. The van der Waals surface area contributed by atoms with Crippen molar-refractivity contribution in [2.24, 2.45) is 5.73 Å². The van der Waals surface area contributed by atoms with Crippen LogP contribution in [0.5, 0.6) is 0 Å². The molecule has 0 aromatic heterocycles. The molecule has 7 nitrogen and oxygen atoms in total. The summed E-state index contributed by atoms with van der Waals surface area (Å²) in [6, 6.07) is 0. The predicted molar refractivity (Wildman–Crippen MR) is 50.8 cm³/mol. The number of rotatable bonds is 7. The van der Waals surface area contributed by atoms with Crippen LogP contribution in [-0.2, 0) is 14.3 Å². The van der Waals surface area contributed by atoms with Crippen molar-refractivity contribution in [2.75, 3.05) is 39.5 Å². The van der Waals surface area contributed by atoms with Crippen LogP contribution in [0.15, 0.2) is 0 Å². The quantitative estimate of drug-likeness (QED) is 0.402. The average Bonchev–Trinajstić information content (AvgIpc) is 2.25. The highest BCUT2D eigenvalue weighted by molar-refractivity contribution is 5.81. The fourth-order valence-electron chi connectivity index (χ4n) is 0.895. The normalized spacial score (nSPS) is 9.80. The summed E-state index contributed by atoms with van der Waals surface area (Å²) in [6.45, 7) is -0.935. The Balaban J connectivity index is 3.96. The molecule has 0 saturated carbocycles. The van der Waals surface area contributed by atoms with E-state index in [1.54, 1.807) is 0 Å². The lowest BCUT2D eigenvalue weighted by Gasteiger charge is -2.20. The highest BCUT2D eigenvalue weighted by Crippen LogP contribution is 1.90. The Morgan fingerprint density at radius 3 is 2.13 bits per heavy atom. The number of nitrogens with two attached hydrogens (primary N) is 1. The maximum atomic E-state index is 11.3. The van der Waals surface area contributed by atoms with Gasteiger partial charge in [0, 0.05) is 13.1 Å². The summed E-state index contributed by atoms with van der Waals surface area (Å²) in [5, 5.41) is 17.3. The molecular weight excluding hydrogens is 204 g/mol. The Bertz CT molecular complexity index is 203. The van der Waals surface area contributed by atoms with Crippen molar-refractivity contribution in [1.82, 2.24) is 4.90 Å². The van der Waals surface area contributed by atoms with Crippen LogP contribution in [0, 0.1) is 0 Å². The van der Waals surface area contributed by atoms with Gasteiger partial charge in [-0.25, -0.2) is 0 Å². The maximum absolute atomic E-state index is 11.3. The lowest BCUT2D eigenvalue weighted by Crippen LogP contribution is -2.39. The summed E-state index contributed by atoms with van der Waals surface area (Å²) in [6.07, 6.45) is 0. The smallest absolute Gasteiger partial charge is 0.320 e. The van der Waals surface area contributed by atoms with Gasteiger partial charge in [-0.3, -0.25) is 9.59 Å². The largest absolute Gasteiger partial charge is 0.455 e. The number of hydrogen-bond donors (Lipinski definition) is 3. The van der Waals surface area contributed by atoms with E-state index in [2.05, 4.69) is 4.74 Å². The van der Waals surface area contributed by atoms with E-state index >= 15 is 0 Å². The Hall–Kier alpha value is -1.18. The zero-order valence-corrected chi connectivity index (χ0v) is 8.39. The van der Waals surface area contributed by atoms with Gasteiger partial charge in [0.05, 0.1) is 19.8 Å². The molecule has 0 saturated heterocycles. The molecule has 0 fully saturated rings. The fraction of sp³-hybridized carbons (Fsp3) is 0.750. The van der Waals surface area contributed by atoms with Crippen LogP contribution >= 0.6 is 0 Å². The number of ether oxygens (including phenoxy) is 1. The number of hydrogen-bond acceptors (Lipinski definition) is 6. The first kappa shape index (κ1) is 13.8. The highest BCUT2D eigenvalue weighted by atomic mass is 16.5. The summed E-state index contributed by atoms with van der Waals surface area (Å²) in [4.78, 5) is 23.2. The monoisotopic (exact) mass is 220 g/mol. The van der Waals surface area contributed by atoms with Gasteiger partial charge in [-0.2, -0.15) is 0 Å². The standard InChI is InChI=1S/C8H16N2O5/c9-5-8(14)15-6-7(13)10(1-3-11)2-4-12/h11-12H,1-6,9H2. The minimum atomic E-state index is -0.670. The molecule has 7 heteroatoms. The molecule has 1 amide bonds. The highest BCUT2D eigenvalue weighted by Gasteiger charge is 2.13. The van der Waals surface area contributed by atoms with Crippen molar-refractivity contribution in [1.29, 1.82) is 0 Å². The first-order chi connectivity index (χ1) is 7.15. The van der Waals surface area contributed by atoms with Crippen molar-refractivity contribution in [3.63, 3.8) is 0 Å². The minimum Gasteiger partial charge on any atom is -0.455 e. The molecule has 0 unspecified atom stereocenters. The number of nitrogens with zero attached hydrogens (tertiary/aromatic N) is 1. The maximum Gasteiger partial charge on any atom is 0.320 e. The zero-order valence-electron chi connectivity index (χ0n) is 8.39. The molecule has 88 valence electrons. The van der Waals surface area contributed by atoms with Gasteiger partial charge in [-0.15, -0.1) is 0 Å². The van der Waals surface area contributed by atoms with Crippen LogP contribution in [0.25, 0.3) is 0 Å². The molecule has 0 aliphatic heterocycles. The summed E-state index contributed by atoms with van der Waals surface area (Å²) < 4.78 is 4.51. The van der Waals surface area contributed by atoms with Crippen molar-refractivity contribution >= 4 is 11.9 Å². The van der Waals surface area contributed by atoms with Gasteiger partial charge in [-0.1, -0.05) is 0 Å². The summed E-state index contributed by atoms with van der Waals surface area (Å²) in [5.41, 5.74) is 4.97. The SMILES string of the molecule is NCC(=O)OCC(=O)N(CCO)CCO. The van der Waals surface area contributed by atoms with Crippen molar-refractivity contribution in [2.45, 2.75) is 0 Å². The van der Waals surface area contributed by atoms with Crippen LogP contribution in [0.2, 0.25) is 0 Å². The van der Waals surface area contributed by atoms with Crippen molar-refractivity contribution in [3.05, 3.63) is 0 Å². The van der Waals surface area contributed by atoms with Gasteiger partial charge in [0.25, 0.3) is 5.91 Å². The third-order valence-corrected chi connectivity index (χ3v) is 1.62. The molecule has 0 aliphatic carbocycles. The van der Waals surface area contributed by atoms with Crippen LogP contribution < -0.4 is 5.73 Å². The van der Waals surface area contributed by atoms with E-state index in [-0.39, 0.29) is 32.8 Å². The molecule has 0 aromatic rings. The molecule has 0 aliphatic rings. The van der Waals surface area contributed by atoms with Gasteiger partial charge in [0.1, 0.15) is 0 Å². The van der Waals surface area contributed by atoms with E-state index in [0.717, 1.165) is 0 Å². The lowest BCUT2D eigenvalue weighted by molar-refractivity contribution is -0.151. The first-order valence-corrected chi connectivity index (χ1v) is 4.50. The van der Waals surface area contributed by atoms with E-state index in [9.17, 15) is 9.59 Å². The number of aliphatic hydroxyl groups excluding tert-OH is 2. The first-order valence-electron chi connectivity index (χ1n) is 4.50. The van der Waals surface area contributed by atoms with E-state index in [1.165, 1.54) is 4.90 Å². The summed E-state index contributed by atoms with van der Waals surface area (Å²) in [5.74, 6) is -1.14. The Kier molecular flexibility index (Phi) is 7.51. The Labute approximate surface area is 87.4 Å². The van der Waals surface area contributed by atoms with Gasteiger partial charge < -0.3 is 25.6 Å². The van der Waals surface area contributed by atoms with Gasteiger partial charge >= 0.3 is 5.97 Å². The van der Waals surface area contributed by atoms with Crippen LogP contribution in [0.1, 0.15) is 0 Å². The third-order valence-electron chi connectivity index (χ3n) is 1.62. The van der Waals surface area contributed by atoms with Gasteiger partial charge in [0.15, 0.2) is 6.61 Å². The molecule has 15 heavy (non-hydrogen) atoms. The van der Waals surface area contributed by atoms with E-state index in [4.69, 9.17) is 15.9 Å². The molecule has 0 aromatic carbocycles. The fourth-order valence-corrected chi connectivity index (χ4v) is 0.895. The second-order valence-corrected chi connectivity index (χ2v) is 2.69. The number of carbonyl (C=O) groups is 2. The predicted octanol–water partition coefficient (Wildman–Crippen LogP) is -2.70. The van der Waals surface area contributed by atoms with Gasteiger partial charge in [-0.05, 0) is 0 Å². The second kappa shape index (κ2) is 8.16. The van der Waals surface area contributed by atoms with Crippen LogP contribution in [0.4, 0.5) is 0 Å². The van der Waals surface area contributed by atoms with Gasteiger partial charge in [0.2, 0.25) is 0 Å². The second-order valence-electron chi connectivity index (χ2n) is 2.69. The molecule has 0 rings (SSSR count). The number of amides is 1. The zero-order chi connectivity index (χ0) is 11.7. The van der Waals surface area contributed by atoms with Crippen LogP contribution in [0.3, 0.4) is 0 Å². The van der Waals surface area contributed by atoms with E-state index < -0.39 is 18.5 Å².